The minimum Gasteiger partial charge on any atom is -0.495 e. The van der Waals surface area contributed by atoms with Crippen LogP contribution in [0.25, 0.3) is 0 Å². The molecule has 0 aliphatic rings. The molecule has 1 aromatic carbocycles. The van der Waals surface area contributed by atoms with Crippen LogP contribution in [0.3, 0.4) is 0 Å². The molecule has 6 nitrogen and oxygen atoms in total. The third-order valence-corrected chi connectivity index (χ3v) is 3.46. The van der Waals surface area contributed by atoms with Crippen LogP contribution in [-0.4, -0.2) is 50.1 Å². The van der Waals surface area contributed by atoms with Crippen LogP contribution in [0.2, 0.25) is 0 Å². The number of ether oxygens (including phenoxy) is 1. The lowest BCUT2D eigenvalue weighted by molar-refractivity contribution is 0.0952. The third kappa shape index (κ3) is 5.24. The molecule has 128 valence electrons. The molecule has 1 aromatic heterocycles. The summed E-state index contributed by atoms with van der Waals surface area (Å²) < 4.78 is 5.31. The summed E-state index contributed by atoms with van der Waals surface area (Å²) in [6.07, 6.45) is 2.53. The van der Waals surface area contributed by atoms with Crippen molar-refractivity contribution in [3.05, 3.63) is 48.2 Å². The second-order valence-electron chi connectivity index (χ2n) is 5.67. The Balaban J connectivity index is 1.99. The van der Waals surface area contributed by atoms with Gasteiger partial charge in [0.15, 0.2) is 0 Å². The summed E-state index contributed by atoms with van der Waals surface area (Å²) in [4.78, 5) is 18.6. The highest BCUT2D eigenvalue weighted by Gasteiger charge is 2.08. The summed E-state index contributed by atoms with van der Waals surface area (Å²) in [6, 6.07) is 11.0. The molecule has 0 spiro atoms. The number of hydrogen-bond acceptors (Lipinski definition) is 5. The van der Waals surface area contributed by atoms with Gasteiger partial charge in [0.1, 0.15) is 11.6 Å². The SMILES string of the molecule is COc1ccccc1Nc1cc(C(=O)NCCCN(C)C)ccn1. The predicted molar refractivity (Wildman–Crippen MR) is 96.0 cm³/mol. The Bertz CT molecular complexity index is 674. The molecule has 1 amide bonds. The van der Waals surface area contributed by atoms with Gasteiger partial charge in [-0.25, -0.2) is 4.98 Å². The summed E-state index contributed by atoms with van der Waals surface area (Å²) in [5.41, 5.74) is 1.38. The first kappa shape index (κ1) is 17.7. The molecule has 0 aliphatic heterocycles. The fourth-order valence-electron chi connectivity index (χ4n) is 2.23. The molecule has 0 fully saturated rings. The van der Waals surface area contributed by atoms with Crippen molar-refractivity contribution in [3.8, 4) is 5.75 Å². The van der Waals surface area contributed by atoms with Crippen molar-refractivity contribution in [2.75, 3.05) is 39.6 Å². The van der Waals surface area contributed by atoms with E-state index in [1.807, 2.05) is 38.4 Å². The average Bonchev–Trinajstić information content (AvgIpc) is 2.59. The standard InChI is InChI=1S/C18H24N4O2/c1-22(2)12-6-10-20-18(23)14-9-11-19-17(13-14)21-15-7-4-5-8-16(15)24-3/h4-5,7-9,11,13H,6,10,12H2,1-3H3,(H,19,21)(H,20,23). The van der Waals surface area contributed by atoms with E-state index in [4.69, 9.17) is 4.74 Å². The zero-order chi connectivity index (χ0) is 17.4. The maximum atomic E-state index is 12.2. The van der Waals surface area contributed by atoms with Crippen molar-refractivity contribution >= 4 is 17.4 Å². The first-order valence-electron chi connectivity index (χ1n) is 7.89. The summed E-state index contributed by atoms with van der Waals surface area (Å²) in [5, 5.41) is 6.10. The Morgan fingerprint density at radius 1 is 1.25 bits per heavy atom. The van der Waals surface area contributed by atoms with Gasteiger partial charge in [0, 0.05) is 18.3 Å². The normalized spacial score (nSPS) is 10.5. The topological polar surface area (TPSA) is 66.5 Å². The number of carbonyl (C=O) groups is 1. The smallest absolute Gasteiger partial charge is 0.251 e. The molecule has 2 N–H and O–H groups in total. The summed E-state index contributed by atoms with van der Waals surface area (Å²) in [5.74, 6) is 1.22. The molecule has 24 heavy (non-hydrogen) atoms. The molecule has 0 unspecified atom stereocenters. The quantitative estimate of drug-likeness (QED) is 0.729. The van der Waals surface area contributed by atoms with Crippen LogP contribution in [0.5, 0.6) is 5.75 Å². The molecule has 0 radical (unpaired) electrons. The molecule has 6 heteroatoms. The summed E-state index contributed by atoms with van der Waals surface area (Å²) in [6.45, 7) is 1.59. The van der Waals surface area contributed by atoms with E-state index in [0.29, 0.717) is 17.9 Å². The Kier molecular flexibility index (Phi) is 6.57. The second-order valence-corrected chi connectivity index (χ2v) is 5.67. The van der Waals surface area contributed by atoms with Gasteiger partial charge in [0.2, 0.25) is 0 Å². The minimum absolute atomic E-state index is 0.0979. The van der Waals surface area contributed by atoms with Crippen LogP contribution in [0.1, 0.15) is 16.8 Å². The second kappa shape index (κ2) is 8.88. The number of hydrogen-bond donors (Lipinski definition) is 2. The largest absolute Gasteiger partial charge is 0.495 e. The number of nitrogens with one attached hydrogen (secondary N) is 2. The first-order valence-corrected chi connectivity index (χ1v) is 7.89. The number of amides is 1. The Hall–Kier alpha value is -2.60. The van der Waals surface area contributed by atoms with Crippen molar-refractivity contribution in [3.63, 3.8) is 0 Å². The third-order valence-electron chi connectivity index (χ3n) is 3.46. The summed E-state index contributed by atoms with van der Waals surface area (Å²) in [7, 11) is 5.65. The number of benzene rings is 1. The van der Waals surface area contributed by atoms with Crippen molar-refractivity contribution < 1.29 is 9.53 Å². The molecule has 2 aromatic rings. The highest BCUT2D eigenvalue weighted by Crippen LogP contribution is 2.26. The lowest BCUT2D eigenvalue weighted by Crippen LogP contribution is -2.27. The van der Waals surface area contributed by atoms with E-state index >= 15 is 0 Å². The summed E-state index contributed by atoms with van der Waals surface area (Å²) >= 11 is 0. The maximum Gasteiger partial charge on any atom is 0.251 e. The van der Waals surface area contributed by atoms with E-state index in [1.165, 1.54) is 0 Å². The fraction of sp³-hybridized carbons (Fsp3) is 0.333. The van der Waals surface area contributed by atoms with Crippen LogP contribution >= 0.6 is 0 Å². The van der Waals surface area contributed by atoms with Crippen LogP contribution in [0.4, 0.5) is 11.5 Å². The predicted octanol–water partition coefficient (Wildman–Crippen LogP) is 2.52. The van der Waals surface area contributed by atoms with Gasteiger partial charge in [-0.15, -0.1) is 0 Å². The van der Waals surface area contributed by atoms with Gasteiger partial charge < -0.3 is 20.3 Å². The number of pyridine rings is 1. The molecule has 2 rings (SSSR count). The number of rotatable bonds is 8. The fourth-order valence-corrected chi connectivity index (χ4v) is 2.23. The Morgan fingerprint density at radius 3 is 2.79 bits per heavy atom. The minimum atomic E-state index is -0.0979. The molecule has 0 aliphatic carbocycles. The zero-order valence-electron chi connectivity index (χ0n) is 14.4. The molecular formula is C18H24N4O2. The highest BCUT2D eigenvalue weighted by atomic mass is 16.5. The van der Waals surface area contributed by atoms with E-state index in [2.05, 4.69) is 20.5 Å². The van der Waals surface area contributed by atoms with Gasteiger partial charge in [-0.1, -0.05) is 12.1 Å². The van der Waals surface area contributed by atoms with Crippen molar-refractivity contribution in [2.24, 2.45) is 0 Å². The van der Waals surface area contributed by atoms with Crippen LogP contribution < -0.4 is 15.4 Å². The van der Waals surface area contributed by atoms with E-state index in [9.17, 15) is 4.79 Å². The van der Waals surface area contributed by atoms with Gasteiger partial charge in [-0.2, -0.15) is 0 Å². The van der Waals surface area contributed by atoms with Gasteiger partial charge in [-0.3, -0.25) is 4.79 Å². The average molecular weight is 328 g/mol. The molecule has 1 heterocycles. The number of nitrogens with zero attached hydrogens (tertiary/aromatic N) is 2. The number of para-hydroxylation sites is 2. The number of carbonyl (C=O) groups excluding carboxylic acids is 1. The van der Waals surface area contributed by atoms with Gasteiger partial charge in [0.05, 0.1) is 12.8 Å². The van der Waals surface area contributed by atoms with E-state index < -0.39 is 0 Å². The van der Waals surface area contributed by atoms with E-state index in [0.717, 1.165) is 24.4 Å². The van der Waals surface area contributed by atoms with Crippen molar-refractivity contribution in [1.82, 2.24) is 15.2 Å². The van der Waals surface area contributed by atoms with Crippen LogP contribution in [-0.2, 0) is 0 Å². The molecule has 0 saturated heterocycles. The molecular weight excluding hydrogens is 304 g/mol. The zero-order valence-corrected chi connectivity index (χ0v) is 14.4. The van der Waals surface area contributed by atoms with Crippen molar-refractivity contribution in [2.45, 2.75) is 6.42 Å². The van der Waals surface area contributed by atoms with Gasteiger partial charge in [-0.05, 0) is 51.3 Å². The lowest BCUT2D eigenvalue weighted by atomic mass is 10.2. The van der Waals surface area contributed by atoms with E-state index in [1.54, 1.807) is 25.4 Å². The first-order chi connectivity index (χ1) is 11.6. The number of methoxy groups -OCH3 is 1. The van der Waals surface area contributed by atoms with Crippen LogP contribution in [0, 0.1) is 0 Å². The maximum absolute atomic E-state index is 12.2. The molecule has 0 saturated carbocycles. The van der Waals surface area contributed by atoms with Crippen molar-refractivity contribution in [1.29, 1.82) is 0 Å². The number of anilines is 2. The Morgan fingerprint density at radius 2 is 2.04 bits per heavy atom. The Labute approximate surface area is 142 Å². The monoisotopic (exact) mass is 328 g/mol. The lowest BCUT2D eigenvalue weighted by Gasteiger charge is -2.12. The highest BCUT2D eigenvalue weighted by molar-refractivity contribution is 5.94. The van der Waals surface area contributed by atoms with Gasteiger partial charge >= 0.3 is 0 Å². The number of aromatic nitrogens is 1. The van der Waals surface area contributed by atoms with E-state index in [-0.39, 0.29) is 5.91 Å². The molecule has 0 atom stereocenters. The molecule has 0 bridgehead atoms. The van der Waals surface area contributed by atoms with Gasteiger partial charge in [0.25, 0.3) is 5.91 Å². The van der Waals surface area contributed by atoms with Crippen LogP contribution in [0.15, 0.2) is 42.6 Å².